The van der Waals surface area contributed by atoms with Gasteiger partial charge in [-0.3, -0.25) is 9.69 Å². The van der Waals surface area contributed by atoms with E-state index in [0.717, 1.165) is 25.2 Å². The average Bonchev–Trinajstić information content (AvgIpc) is 2.76. The minimum Gasteiger partial charge on any atom is -0.325 e. The van der Waals surface area contributed by atoms with Gasteiger partial charge in [0.05, 0.1) is 6.54 Å². The Hall–Kier alpha value is -1.10. The van der Waals surface area contributed by atoms with Crippen molar-refractivity contribution in [2.45, 2.75) is 12.5 Å². The fourth-order valence-electron chi connectivity index (χ4n) is 2.18. The molecule has 1 aliphatic rings. The molecule has 1 aromatic rings. The number of hydrogen-bond acceptors (Lipinski definition) is 3. The Kier molecular flexibility index (Phi) is 4.58. The van der Waals surface area contributed by atoms with Crippen LogP contribution in [-0.2, 0) is 4.79 Å². The number of anilines is 1. The largest absolute Gasteiger partial charge is 0.325 e. The Morgan fingerprint density at radius 1 is 1.56 bits per heavy atom. The lowest BCUT2D eigenvalue weighted by atomic mass is 10.3. The smallest absolute Gasteiger partial charge is 0.238 e. The Morgan fingerprint density at radius 2 is 2.39 bits per heavy atom. The van der Waals surface area contributed by atoms with Crippen molar-refractivity contribution in [3.05, 3.63) is 29.3 Å². The standard InChI is InChI=1S/C13H18ClN3O/c1-15-12-5-6-17(8-12)9-13(18)16-11-4-2-3-10(14)7-11/h2-4,7,12,15H,5-6,8-9H2,1H3,(H,16,18). The number of likely N-dealkylation sites (tertiary alicyclic amines) is 1. The van der Waals surface area contributed by atoms with Crippen molar-refractivity contribution < 1.29 is 4.79 Å². The second kappa shape index (κ2) is 6.18. The average molecular weight is 268 g/mol. The summed E-state index contributed by atoms with van der Waals surface area (Å²) in [5.41, 5.74) is 0.747. The lowest BCUT2D eigenvalue weighted by Gasteiger charge is -2.15. The molecule has 1 saturated heterocycles. The molecular formula is C13H18ClN3O. The van der Waals surface area contributed by atoms with E-state index in [4.69, 9.17) is 11.6 Å². The van der Waals surface area contributed by atoms with E-state index < -0.39 is 0 Å². The van der Waals surface area contributed by atoms with Crippen molar-refractivity contribution in [2.75, 3.05) is 32.0 Å². The lowest BCUT2D eigenvalue weighted by Crippen LogP contribution is -2.34. The molecule has 18 heavy (non-hydrogen) atoms. The zero-order valence-corrected chi connectivity index (χ0v) is 11.2. The predicted octanol–water partition coefficient (Wildman–Crippen LogP) is 1.57. The highest BCUT2D eigenvalue weighted by Crippen LogP contribution is 2.15. The van der Waals surface area contributed by atoms with Crippen LogP contribution < -0.4 is 10.6 Å². The van der Waals surface area contributed by atoms with E-state index in [9.17, 15) is 4.79 Å². The van der Waals surface area contributed by atoms with Crippen LogP contribution >= 0.6 is 11.6 Å². The number of rotatable bonds is 4. The highest BCUT2D eigenvalue weighted by Gasteiger charge is 2.22. The zero-order chi connectivity index (χ0) is 13.0. The molecule has 1 atom stereocenters. The summed E-state index contributed by atoms with van der Waals surface area (Å²) >= 11 is 5.87. The fraction of sp³-hybridized carbons (Fsp3) is 0.462. The molecule has 0 radical (unpaired) electrons. The number of benzene rings is 1. The molecule has 1 amide bonds. The lowest BCUT2D eigenvalue weighted by molar-refractivity contribution is -0.117. The monoisotopic (exact) mass is 267 g/mol. The van der Waals surface area contributed by atoms with E-state index in [0.29, 0.717) is 17.6 Å². The van der Waals surface area contributed by atoms with Crippen LogP contribution in [-0.4, -0.2) is 43.5 Å². The molecule has 1 aromatic carbocycles. The fourth-order valence-corrected chi connectivity index (χ4v) is 2.37. The van der Waals surface area contributed by atoms with E-state index in [1.54, 1.807) is 12.1 Å². The van der Waals surface area contributed by atoms with E-state index in [2.05, 4.69) is 15.5 Å². The van der Waals surface area contributed by atoms with Crippen molar-refractivity contribution in [3.63, 3.8) is 0 Å². The van der Waals surface area contributed by atoms with Gasteiger partial charge in [-0.25, -0.2) is 0 Å². The van der Waals surface area contributed by atoms with E-state index in [-0.39, 0.29) is 5.91 Å². The number of halogens is 1. The third-order valence-electron chi connectivity index (χ3n) is 3.16. The van der Waals surface area contributed by atoms with Crippen molar-refractivity contribution in [2.24, 2.45) is 0 Å². The van der Waals surface area contributed by atoms with Crippen LogP contribution in [0, 0.1) is 0 Å². The van der Waals surface area contributed by atoms with Gasteiger partial charge < -0.3 is 10.6 Å². The van der Waals surface area contributed by atoms with Crippen molar-refractivity contribution in [1.29, 1.82) is 0 Å². The molecular weight excluding hydrogens is 250 g/mol. The van der Waals surface area contributed by atoms with Crippen molar-refractivity contribution >= 4 is 23.2 Å². The minimum absolute atomic E-state index is 0.00835. The number of nitrogens with zero attached hydrogens (tertiary/aromatic N) is 1. The maximum Gasteiger partial charge on any atom is 0.238 e. The summed E-state index contributed by atoms with van der Waals surface area (Å²) in [5.74, 6) is 0.00835. The molecule has 0 bridgehead atoms. The molecule has 1 aliphatic heterocycles. The normalized spacial score (nSPS) is 20.0. The minimum atomic E-state index is 0.00835. The molecule has 2 rings (SSSR count). The van der Waals surface area contributed by atoms with Gasteiger partial charge in [0, 0.05) is 29.8 Å². The van der Waals surface area contributed by atoms with Crippen LogP contribution in [0.15, 0.2) is 24.3 Å². The van der Waals surface area contributed by atoms with Gasteiger partial charge in [-0.2, -0.15) is 0 Å². The molecule has 1 heterocycles. The summed E-state index contributed by atoms with van der Waals surface area (Å²) in [6.45, 7) is 2.33. The molecule has 1 unspecified atom stereocenters. The van der Waals surface area contributed by atoms with Gasteiger partial charge in [-0.15, -0.1) is 0 Å². The van der Waals surface area contributed by atoms with Gasteiger partial charge in [-0.1, -0.05) is 17.7 Å². The van der Waals surface area contributed by atoms with Crippen molar-refractivity contribution in [1.82, 2.24) is 10.2 Å². The van der Waals surface area contributed by atoms with Gasteiger partial charge in [0.25, 0.3) is 0 Å². The third-order valence-corrected chi connectivity index (χ3v) is 3.39. The number of nitrogens with one attached hydrogen (secondary N) is 2. The van der Waals surface area contributed by atoms with Crippen LogP contribution in [0.4, 0.5) is 5.69 Å². The topological polar surface area (TPSA) is 44.4 Å². The first-order chi connectivity index (χ1) is 8.67. The molecule has 0 spiro atoms. The Labute approximate surface area is 112 Å². The summed E-state index contributed by atoms with van der Waals surface area (Å²) in [5, 5.41) is 6.72. The second-order valence-electron chi connectivity index (χ2n) is 4.57. The first kappa shape index (κ1) is 13.3. The van der Waals surface area contributed by atoms with Gasteiger partial charge in [0.1, 0.15) is 0 Å². The number of likely N-dealkylation sites (N-methyl/N-ethyl adjacent to an activating group) is 1. The Balaban J connectivity index is 1.82. The van der Waals surface area contributed by atoms with E-state index >= 15 is 0 Å². The maximum absolute atomic E-state index is 11.9. The van der Waals surface area contributed by atoms with Crippen LogP contribution in [0.5, 0.6) is 0 Å². The van der Waals surface area contributed by atoms with Gasteiger partial charge >= 0.3 is 0 Å². The zero-order valence-electron chi connectivity index (χ0n) is 10.4. The van der Waals surface area contributed by atoms with E-state index in [1.165, 1.54) is 0 Å². The highest BCUT2D eigenvalue weighted by atomic mass is 35.5. The Bertz CT molecular complexity index is 424. The third kappa shape index (κ3) is 3.70. The van der Waals surface area contributed by atoms with Gasteiger partial charge in [-0.05, 0) is 31.7 Å². The van der Waals surface area contributed by atoms with Crippen LogP contribution in [0.3, 0.4) is 0 Å². The summed E-state index contributed by atoms with van der Waals surface area (Å²) in [7, 11) is 1.96. The molecule has 0 saturated carbocycles. The molecule has 4 nitrogen and oxygen atoms in total. The molecule has 1 fully saturated rings. The predicted molar refractivity (Wildman–Crippen MR) is 74.0 cm³/mol. The SMILES string of the molecule is CNC1CCN(CC(=O)Nc2cccc(Cl)c2)C1. The molecule has 0 aliphatic carbocycles. The summed E-state index contributed by atoms with van der Waals surface area (Å²) in [4.78, 5) is 14.0. The van der Waals surface area contributed by atoms with Gasteiger partial charge in [0.15, 0.2) is 0 Å². The first-order valence-electron chi connectivity index (χ1n) is 6.12. The molecule has 2 N–H and O–H groups in total. The number of carbonyl (C=O) groups is 1. The number of carbonyl (C=O) groups excluding carboxylic acids is 1. The second-order valence-corrected chi connectivity index (χ2v) is 5.00. The molecule has 0 aromatic heterocycles. The Morgan fingerprint density at radius 3 is 3.06 bits per heavy atom. The number of hydrogen-bond donors (Lipinski definition) is 2. The van der Waals surface area contributed by atoms with E-state index in [1.807, 2.05) is 19.2 Å². The summed E-state index contributed by atoms with van der Waals surface area (Å²) in [6.07, 6.45) is 1.10. The number of amides is 1. The summed E-state index contributed by atoms with van der Waals surface area (Å²) in [6, 6.07) is 7.70. The van der Waals surface area contributed by atoms with Crippen LogP contribution in [0.1, 0.15) is 6.42 Å². The highest BCUT2D eigenvalue weighted by molar-refractivity contribution is 6.30. The molecule has 5 heteroatoms. The first-order valence-corrected chi connectivity index (χ1v) is 6.50. The summed E-state index contributed by atoms with van der Waals surface area (Å²) < 4.78 is 0. The quantitative estimate of drug-likeness (QED) is 0.871. The van der Waals surface area contributed by atoms with Gasteiger partial charge in [0.2, 0.25) is 5.91 Å². The molecule has 98 valence electrons. The van der Waals surface area contributed by atoms with Crippen molar-refractivity contribution in [3.8, 4) is 0 Å². The van der Waals surface area contributed by atoms with Crippen LogP contribution in [0.25, 0.3) is 0 Å². The van der Waals surface area contributed by atoms with Crippen LogP contribution in [0.2, 0.25) is 5.02 Å². The maximum atomic E-state index is 11.9.